The molecule has 1 aliphatic heterocycles. The summed E-state index contributed by atoms with van der Waals surface area (Å²) in [6, 6.07) is 4.26. The minimum absolute atomic E-state index is 0.322. The Morgan fingerprint density at radius 3 is 2.80 bits per heavy atom. The fourth-order valence-electron chi connectivity index (χ4n) is 2.95. The van der Waals surface area contributed by atoms with Crippen LogP contribution in [0.4, 0.5) is 11.8 Å². The van der Waals surface area contributed by atoms with Gasteiger partial charge in [-0.05, 0) is 44.4 Å². The van der Waals surface area contributed by atoms with Gasteiger partial charge < -0.3 is 20.3 Å². The van der Waals surface area contributed by atoms with Crippen LogP contribution in [0.3, 0.4) is 0 Å². The van der Waals surface area contributed by atoms with Crippen LogP contribution in [0.25, 0.3) is 0 Å². The molecule has 0 aliphatic carbocycles. The van der Waals surface area contributed by atoms with Gasteiger partial charge in [0, 0.05) is 36.6 Å². The van der Waals surface area contributed by atoms with Crippen LogP contribution >= 0.6 is 11.3 Å². The van der Waals surface area contributed by atoms with Crippen molar-refractivity contribution in [1.82, 2.24) is 14.9 Å². The smallest absolute Gasteiger partial charge is 0.222 e. The molecule has 0 amide bonds. The van der Waals surface area contributed by atoms with Crippen molar-refractivity contribution in [3.8, 4) is 0 Å². The molecule has 2 aromatic rings. The highest BCUT2D eigenvalue weighted by Gasteiger charge is 2.22. The molecule has 0 aromatic carbocycles. The molecular weight excluding hydrogens is 334 g/mol. The first-order valence-corrected chi connectivity index (χ1v) is 9.55. The predicted molar refractivity (Wildman–Crippen MR) is 103 cm³/mol. The van der Waals surface area contributed by atoms with Crippen LogP contribution < -0.4 is 10.6 Å². The van der Waals surface area contributed by atoms with Crippen molar-refractivity contribution in [2.24, 2.45) is 0 Å². The van der Waals surface area contributed by atoms with E-state index in [1.54, 1.807) is 11.3 Å². The lowest BCUT2D eigenvalue weighted by Gasteiger charge is -2.26. The number of thiophene rings is 1. The van der Waals surface area contributed by atoms with Crippen LogP contribution in [0.5, 0.6) is 0 Å². The van der Waals surface area contributed by atoms with E-state index in [-0.39, 0.29) is 0 Å². The van der Waals surface area contributed by atoms with Gasteiger partial charge >= 0.3 is 0 Å². The molecule has 3 rings (SSSR count). The zero-order chi connectivity index (χ0) is 17.8. The average molecular weight is 362 g/mol. The molecule has 0 unspecified atom stereocenters. The minimum Gasteiger partial charge on any atom is -0.381 e. The monoisotopic (exact) mass is 361 g/mol. The van der Waals surface area contributed by atoms with Gasteiger partial charge in [0.15, 0.2) is 0 Å². The first-order chi connectivity index (χ1) is 12.0. The van der Waals surface area contributed by atoms with Crippen molar-refractivity contribution in [2.45, 2.75) is 25.8 Å². The molecule has 1 aliphatic rings. The molecule has 1 saturated heterocycles. The fraction of sp³-hybridized carbons (Fsp3) is 0.556. The second-order valence-corrected chi connectivity index (χ2v) is 7.82. The van der Waals surface area contributed by atoms with Gasteiger partial charge in [-0.15, -0.1) is 11.3 Å². The Bertz CT molecular complexity index is 697. The molecule has 7 heteroatoms. The number of nitrogens with zero attached hydrogens (tertiary/aromatic N) is 4. The summed E-state index contributed by atoms with van der Waals surface area (Å²) in [5.41, 5.74) is 8.35. The Hall–Kier alpha value is -1.70. The van der Waals surface area contributed by atoms with Gasteiger partial charge in [-0.3, -0.25) is 0 Å². The molecular formula is C18H27N5OS. The van der Waals surface area contributed by atoms with E-state index in [0.29, 0.717) is 11.9 Å². The molecule has 136 valence electrons. The third-order valence-corrected chi connectivity index (χ3v) is 5.55. The molecule has 6 nitrogen and oxygen atoms in total. The number of ether oxygens (including phenoxy) is 1. The summed E-state index contributed by atoms with van der Waals surface area (Å²) in [5.74, 6) is 1.57. The number of hydrogen-bond acceptors (Lipinski definition) is 7. The normalized spacial score (nSPS) is 17.4. The van der Waals surface area contributed by atoms with Gasteiger partial charge in [0.1, 0.15) is 5.82 Å². The lowest BCUT2D eigenvalue weighted by molar-refractivity contribution is 0.193. The summed E-state index contributed by atoms with van der Waals surface area (Å²) < 4.78 is 5.51. The maximum absolute atomic E-state index is 6.03. The zero-order valence-corrected chi connectivity index (χ0v) is 16.1. The number of hydrogen-bond donors (Lipinski definition) is 1. The molecule has 2 N–H and O–H groups in total. The molecule has 25 heavy (non-hydrogen) atoms. The van der Waals surface area contributed by atoms with Crippen molar-refractivity contribution < 1.29 is 4.74 Å². The second-order valence-electron chi connectivity index (χ2n) is 6.82. The predicted octanol–water partition coefficient (Wildman–Crippen LogP) is 2.50. The zero-order valence-electron chi connectivity index (χ0n) is 15.2. The Morgan fingerprint density at radius 2 is 2.16 bits per heavy atom. The minimum atomic E-state index is 0.322. The van der Waals surface area contributed by atoms with Gasteiger partial charge in [-0.1, -0.05) is 0 Å². The summed E-state index contributed by atoms with van der Waals surface area (Å²) in [6.45, 7) is 6.36. The SMILES string of the molecule is Cc1ccsc1CN(CCN(C)C)c1cc([C@H]2CCOC2)nc(N)n1. The van der Waals surface area contributed by atoms with Crippen LogP contribution in [-0.2, 0) is 11.3 Å². The summed E-state index contributed by atoms with van der Waals surface area (Å²) >= 11 is 1.79. The van der Waals surface area contributed by atoms with Crippen LogP contribution in [0.2, 0.25) is 0 Å². The van der Waals surface area contributed by atoms with Gasteiger partial charge in [0.05, 0.1) is 18.8 Å². The molecule has 0 bridgehead atoms. The first kappa shape index (κ1) is 18.1. The van der Waals surface area contributed by atoms with Crippen LogP contribution in [0.1, 0.15) is 28.5 Å². The summed E-state index contributed by atoms with van der Waals surface area (Å²) in [5, 5.41) is 2.14. The molecule has 0 saturated carbocycles. The largest absolute Gasteiger partial charge is 0.381 e. The second kappa shape index (κ2) is 8.12. The quantitative estimate of drug-likeness (QED) is 0.817. The van der Waals surface area contributed by atoms with E-state index in [1.165, 1.54) is 10.4 Å². The molecule has 0 radical (unpaired) electrons. The molecule has 0 spiro atoms. The van der Waals surface area contributed by atoms with Crippen LogP contribution in [0, 0.1) is 6.92 Å². The average Bonchev–Trinajstić information content (AvgIpc) is 3.22. The van der Waals surface area contributed by atoms with Crippen molar-refractivity contribution in [2.75, 3.05) is 51.0 Å². The number of likely N-dealkylation sites (N-methyl/N-ethyl adjacent to an activating group) is 1. The number of aromatic nitrogens is 2. The topological polar surface area (TPSA) is 67.5 Å². The lowest BCUT2D eigenvalue weighted by atomic mass is 10.0. The molecule has 1 atom stereocenters. The Kier molecular flexibility index (Phi) is 5.88. The van der Waals surface area contributed by atoms with Gasteiger partial charge in [0.25, 0.3) is 0 Å². The van der Waals surface area contributed by atoms with Crippen molar-refractivity contribution in [3.63, 3.8) is 0 Å². The van der Waals surface area contributed by atoms with Crippen LogP contribution in [-0.4, -0.2) is 55.3 Å². The van der Waals surface area contributed by atoms with E-state index in [0.717, 1.165) is 50.8 Å². The Morgan fingerprint density at radius 1 is 1.32 bits per heavy atom. The van der Waals surface area contributed by atoms with E-state index in [2.05, 4.69) is 58.3 Å². The lowest BCUT2D eigenvalue weighted by Crippen LogP contribution is -2.32. The van der Waals surface area contributed by atoms with E-state index in [4.69, 9.17) is 10.5 Å². The number of nitrogen functional groups attached to an aromatic ring is 1. The van der Waals surface area contributed by atoms with E-state index in [1.807, 2.05) is 0 Å². The maximum atomic E-state index is 6.03. The highest BCUT2D eigenvalue weighted by atomic mass is 32.1. The number of aryl methyl sites for hydroxylation is 1. The Balaban J connectivity index is 1.87. The van der Waals surface area contributed by atoms with E-state index >= 15 is 0 Å². The molecule has 3 heterocycles. The van der Waals surface area contributed by atoms with Crippen molar-refractivity contribution in [3.05, 3.63) is 33.6 Å². The summed E-state index contributed by atoms with van der Waals surface area (Å²) in [4.78, 5) is 14.8. The standard InChI is InChI=1S/C18H27N5OS/c1-13-5-9-25-16(13)11-23(7-6-22(2)3)17-10-15(20-18(19)21-17)14-4-8-24-12-14/h5,9-10,14H,4,6-8,11-12H2,1-3H3,(H2,19,20,21)/t14-/m0/s1. The number of anilines is 2. The molecule has 1 fully saturated rings. The van der Waals surface area contributed by atoms with Crippen LogP contribution in [0.15, 0.2) is 17.5 Å². The fourth-order valence-corrected chi connectivity index (χ4v) is 3.87. The van der Waals surface area contributed by atoms with Gasteiger partial charge in [0.2, 0.25) is 5.95 Å². The number of rotatable bonds is 7. The first-order valence-electron chi connectivity index (χ1n) is 8.68. The third-order valence-electron chi connectivity index (χ3n) is 4.54. The van der Waals surface area contributed by atoms with E-state index in [9.17, 15) is 0 Å². The van der Waals surface area contributed by atoms with Gasteiger partial charge in [-0.25, -0.2) is 4.98 Å². The van der Waals surface area contributed by atoms with Crippen molar-refractivity contribution in [1.29, 1.82) is 0 Å². The van der Waals surface area contributed by atoms with E-state index < -0.39 is 0 Å². The summed E-state index contributed by atoms with van der Waals surface area (Å²) in [7, 11) is 4.18. The number of nitrogens with two attached hydrogens (primary N) is 1. The van der Waals surface area contributed by atoms with Crippen molar-refractivity contribution >= 4 is 23.1 Å². The van der Waals surface area contributed by atoms with Gasteiger partial charge in [-0.2, -0.15) is 4.98 Å². The Labute approximate surface area is 153 Å². The third kappa shape index (κ3) is 4.68. The highest BCUT2D eigenvalue weighted by Crippen LogP contribution is 2.28. The highest BCUT2D eigenvalue weighted by molar-refractivity contribution is 7.10. The maximum Gasteiger partial charge on any atom is 0.222 e. The molecule has 2 aromatic heterocycles. The summed E-state index contributed by atoms with van der Waals surface area (Å²) in [6.07, 6.45) is 0.998.